The molecule has 0 spiro atoms. The second-order valence-corrected chi connectivity index (χ2v) is 4.78. The summed E-state index contributed by atoms with van der Waals surface area (Å²) in [7, 11) is 0. The summed E-state index contributed by atoms with van der Waals surface area (Å²) in [6.07, 6.45) is 1.52. The van der Waals surface area contributed by atoms with E-state index in [9.17, 15) is 9.59 Å². The van der Waals surface area contributed by atoms with Crippen LogP contribution in [0.1, 0.15) is 24.2 Å². The largest absolute Gasteiger partial charge is 0.467 e. The third-order valence-corrected chi connectivity index (χ3v) is 3.15. The zero-order chi connectivity index (χ0) is 15.1. The first-order valence-electron chi connectivity index (χ1n) is 6.80. The van der Waals surface area contributed by atoms with Crippen LogP contribution in [0.2, 0.25) is 0 Å². The summed E-state index contributed by atoms with van der Waals surface area (Å²) in [5.41, 5.74) is 1.12. The van der Waals surface area contributed by atoms with Crippen LogP contribution < -0.4 is 10.6 Å². The predicted molar refractivity (Wildman–Crippen MR) is 78.4 cm³/mol. The molecule has 0 aliphatic heterocycles. The van der Waals surface area contributed by atoms with Crippen LogP contribution in [0.3, 0.4) is 0 Å². The molecular weight excluding hydrogens is 268 g/mol. The van der Waals surface area contributed by atoms with Crippen LogP contribution in [0.5, 0.6) is 0 Å². The quantitative estimate of drug-likeness (QED) is 0.824. The maximum Gasteiger partial charge on any atom is 0.309 e. The van der Waals surface area contributed by atoms with Gasteiger partial charge in [-0.1, -0.05) is 37.3 Å². The molecular formula is C16H18N2O3. The molecule has 2 amide bonds. The van der Waals surface area contributed by atoms with E-state index >= 15 is 0 Å². The van der Waals surface area contributed by atoms with Crippen LogP contribution in [-0.2, 0) is 16.1 Å². The lowest BCUT2D eigenvalue weighted by Crippen LogP contribution is -2.40. The molecule has 110 valence electrons. The highest BCUT2D eigenvalue weighted by Gasteiger charge is 2.14. The first-order valence-corrected chi connectivity index (χ1v) is 6.80. The van der Waals surface area contributed by atoms with Gasteiger partial charge in [-0.05, 0) is 23.6 Å². The summed E-state index contributed by atoms with van der Waals surface area (Å²) in [6, 6.07) is 13.3. The van der Waals surface area contributed by atoms with E-state index in [0.717, 1.165) is 5.56 Å². The van der Waals surface area contributed by atoms with Gasteiger partial charge in [0.15, 0.2) is 0 Å². The average molecular weight is 286 g/mol. The number of hydrogen-bond donors (Lipinski definition) is 2. The average Bonchev–Trinajstić information content (AvgIpc) is 3.04. The van der Waals surface area contributed by atoms with Crippen LogP contribution in [0.25, 0.3) is 0 Å². The monoisotopic (exact) mass is 286 g/mol. The standard InChI is InChI=1S/C16H18N2O3/c1-12(13-6-3-2-4-7-13)10-17-15(19)16(20)18-11-14-8-5-9-21-14/h2-9,12H,10-11H2,1H3,(H,17,19)(H,18,20)/t12-/m0/s1. The van der Waals surface area contributed by atoms with Gasteiger partial charge in [0.2, 0.25) is 0 Å². The van der Waals surface area contributed by atoms with Crippen molar-refractivity contribution < 1.29 is 14.0 Å². The Morgan fingerprint density at radius 1 is 1.05 bits per heavy atom. The molecule has 0 radical (unpaired) electrons. The zero-order valence-electron chi connectivity index (χ0n) is 11.8. The number of amides is 2. The Morgan fingerprint density at radius 3 is 2.43 bits per heavy atom. The number of carbonyl (C=O) groups is 2. The lowest BCUT2D eigenvalue weighted by Gasteiger charge is -2.12. The molecule has 5 heteroatoms. The van der Waals surface area contributed by atoms with E-state index in [1.54, 1.807) is 12.1 Å². The Morgan fingerprint density at radius 2 is 1.76 bits per heavy atom. The van der Waals surface area contributed by atoms with Crippen LogP contribution in [0, 0.1) is 0 Å². The molecule has 0 aliphatic rings. The van der Waals surface area contributed by atoms with Crippen molar-refractivity contribution in [2.75, 3.05) is 6.54 Å². The third kappa shape index (κ3) is 4.49. The van der Waals surface area contributed by atoms with Crippen LogP contribution in [0.4, 0.5) is 0 Å². The highest BCUT2D eigenvalue weighted by Crippen LogP contribution is 2.12. The molecule has 5 nitrogen and oxygen atoms in total. The smallest absolute Gasteiger partial charge is 0.309 e. The van der Waals surface area contributed by atoms with Crippen molar-refractivity contribution in [1.29, 1.82) is 0 Å². The number of carbonyl (C=O) groups excluding carboxylic acids is 2. The fourth-order valence-electron chi connectivity index (χ4n) is 1.89. The second kappa shape index (κ2) is 7.28. The lowest BCUT2D eigenvalue weighted by molar-refractivity contribution is -0.139. The molecule has 1 atom stereocenters. The number of rotatable bonds is 5. The maximum atomic E-state index is 11.7. The lowest BCUT2D eigenvalue weighted by atomic mass is 10.0. The topological polar surface area (TPSA) is 71.3 Å². The molecule has 2 N–H and O–H groups in total. The Labute approximate surface area is 123 Å². The van der Waals surface area contributed by atoms with E-state index in [-0.39, 0.29) is 12.5 Å². The number of nitrogens with one attached hydrogen (secondary N) is 2. The molecule has 0 bridgehead atoms. The first kappa shape index (κ1) is 14.8. The van der Waals surface area contributed by atoms with E-state index in [1.165, 1.54) is 6.26 Å². The first-order chi connectivity index (χ1) is 10.2. The van der Waals surface area contributed by atoms with Crippen molar-refractivity contribution in [1.82, 2.24) is 10.6 Å². The van der Waals surface area contributed by atoms with E-state index in [0.29, 0.717) is 12.3 Å². The molecule has 1 heterocycles. The molecule has 0 saturated carbocycles. The van der Waals surface area contributed by atoms with Gasteiger partial charge in [0.25, 0.3) is 0 Å². The fourth-order valence-corrected chi connectivity index (χ4v) is 1.89. The summed E-state index contributed by atoms with van der Waals surface area (Å²) in [6.45, 7) is 2.61. The van der Waals surface area contributed by atoms with E-state index in [1.807, 2.05) is 37.3 Å². The van der Waals surface area contributed by atoms with Gasteiger partial charge in [0.05, 0.1) is 12.8 Å². The Bertz CT molecular complexity index is 579. The molecule has 0 unspecified atom stereocenters. The zero-order valence-corrected chi connectivity index (χ0v) is 11.8. The van der Waals surface area contributed by atoms with Crippen molar-refractivity contribution in [3.63, 3.8) is 0 Å². The van der Waals surface area contributed by atoms with Gasteiger partial charge >= 0.3 is 11.8 Å². The summed E-state index contributed by atoms with van der Waals surface area (Å²) in [5, 5.41) is 5.13. The van der Waals surface area contributed by atoms with Gasteiger partial charge in [0.1, 0.15) is 5.76 Å². The van der Waals surface area contributed by atoms with Gasteiger partial charge in [-0.2, -0.15) is 0 Å². The van der Waals surface area contributed by atoms with Crippen molar-refractivity contribution in [2.45, 2.75) is 19.4 Å². The summed E-state index contributed by atoms with van der Waals surface area (Å²) in [4.78, 5) is 23.3. The highest BCUT2D eigenvalue weighted by molar-refractivity contribution is 6.35. The van der Waals surface area contributed by atoms with Gasteiger partial charge < -0.3 is 15.1 Å². The number of furan rings is 1. The second-order valence-electron chi connectivity index (χ2n) is 4.78. The molecule has 0 aliphatic carbocycles. The van der Waals surface area contributed by atoms with Crippen LogP contribution in [-0.4, -0.2) is 18.4 Å². The molecule has 2 rings (SSSR count). The fraction of sp³-hybridized carbons (Fsp3) is 0.250. The number of benzene rings is 1. The van der Waals surface area contributed by atoms with Crippen molar-refractivity contribution >= 4 is 11.8 Å². The minimum absolute atomic E-state index is 0.146. The molecule has 21 heavy (non-hydrogen) atoms. The maximum absolute atomic E-state index is 11.7. The summed E-state index contributed by atoms with van der Waals surface area (Å²) < 4.78 is 5.07. The van der Waals surface area contributed by atoms with Gasteiger partial charge in [0, 0.05) is 6.54 Å². The van der Waals surface area contributed by atoms with E-state index < -0.39 is 11.8 Å². The van der Waals surface area contributed by atoms with E-state index in [4.69, 9.17) is 4.42 Å². The molecule has 0 saturated heterocycles. The number of hydrogen-bond acceptors (Lipinski definition) is 3. The Balaban J connectivity index is 1.75. The molecule has 1 aromatic carbocycles. The molecule has 0 fully saturated rings. The summed E-state index contributed by atoms with van der Waals surface area (Å²) >= 11 is 0. The molecule has 1 aromatic heterocycles. The van der Waals surface area contributed by atoms with E-state index in [2.05, 4.69) is 10.6 Å². The minimum Gasteiger partial charge on any atom is -0.467 e. The minimum atomic E-state index is -0.660. The van der Waals surface area contributed by atoms with Crippen molar-refractivity contribution in [3.05, 3.63) is 60.1 Å². The SMILES string of the molecule is C[C@@H](CNC(=O)C(=O)NCc1ccco1)c1ccccc1. The third-order valence-electron chi connectivity index (χ3n) is 3.15. The van der Waals surface area contributed by atoms with Gasteiger partial charge in [-0.15, -0.1) is 0 Å². The summed E-state index contributed by atoms with van der Waals surface area (Å²) in [5.74, 6) is -0.544. The Kier molecular flexibility index (Phi) is 5.15. The molecule has 2 aromatic rings. The van der Waals surface area contributed by atoms with Gasteiger partial charge in [-0.3, -0.25) is 9.59 Å². The van der Waals surface area contributed by atoms with Crippen molar-refractivity contribution in [3.8, 4) is 0 Å². The Hall–Kier alpha value is -2.56. The normalized spacial score (nSPS) is 11.7. The predicted octanol–water partition coefficient (Wildman–Crippen LogP) is 1.82. The van der Waals surface area contributed by atoms with Crippen LogP contribution in [0.15, 0.2) is 53.1 Å². The van der Waals surface area contributed by atoms with Crippen molar-refractivity contribution in [2.24, 2.45) is 0 Å². The highest BCUT2D eigenvalue weighted by atomic mass is 16.3. The van der Waals surface area contributed by atoms with Gasteiger partial charge in [-0.25, -0.2) is 0 Å². The van der Waals surface area contributed by atoms with Crippen LogP contribution >= 0.6 is 0 Å².